The lowest BCUT2D eigenvalue weighted by molar-refractivity contribution is -0.139. The lowest BCUT2D eigenvalue weighted by Gasteiger charge is -2.32. The second-order valence-electron chi connectivity index (χ2n) is 6.57. The number of methoxy groups -OCH3 is 1. The second kappa shape index (κ2) is 12.7. The van der Waals surface area contributed by atoms with Crippen LogP contribution in [-0.4, -0.2) is 49.9 Å². The van der Waals surface area contributed by atoms with E-state index in [1.807, 2.05) is 0 Å². The molecule has 33 heavy (non-hydrogen) atoms. The predicted molar refractivity (Wildman–Crippen MR) is 124 cm³/mol. The summed E-state index contributed by atoms with van der Waals surface area (Å²) in [5.41, 5.74) is 0.500. The molecule has 1 amide bonds. The van der Waals surface area contributed by atoms with Crippen LogP contribution in [0, 0.1) is 0 Å². The van der Waals surface area contributed by atoms with Gasteiger partial charge in [-0.1, -0.05) is 35.3 Å². The second-order valence-corrected chi connectivity index (χ2v) is 8.31. The molecular formula is C21H22Cl2FN3O5S. The number of alkyl halides is 1. The largest absolute Gasteiger partial charge is 0.466 e. The van der Waals surface area contributed by atoms with E-state index in [0.29, 0.717) is 11.3 Å². The molecule has 0 spiro atoms. The van der Waals surface area contributed by atoms with E-state index in [-0.39, 0.29) is 45.1 Å². The minimum absolute atomic E-state index is 0.0645. The summed E-state index contributed by atoms with van der Waals surface area (Å²) in [6, 6.07) is 4.75. The van der Waals surface area contributed by atoms with E-state index in [4.69, 9.17) is 32.7 Å². The first-order valence-electron chi connectivity index (χ1n) is 9.70. The van der Waals surface area contributed by atoms with E-state index in [1.54, 1.807) is 25.1 Å². The molecule has 2 rings (SSSR count). The number of ether oxygens (including phenoxy) is 2. The van der Waals surface area contributed by atoms with Crippen molar-refractivity contribution in [3.8, 4) is 0 Å². The number of nitrogens with zero attached hydrogens (tertiary/aromatic N) is 2. The van der Waals surface area contributed by atoms with Gasteiger partial charge in [-0.2, -0.15) is 5.11 Å². The highest BCUT2D eigenvalue weighted by Crippen LogP contribution is 2.44. The molecule has 0 aromatic heterocycles. The Labute approximate surface area is 204 Å². The number of halogens is 3. The van der Waals surface area contributed by atoms with Gasteiger partial charge in [0.15, 0.2) is 0 Å². The molecule has 0 bridgehead atoms. The summed E-state index contributed by atoms with van der Waals surface area (Å²) in [6.07, 6.45) is 0. The quantitative estimate of drug-likeness (QED) is 0.290. The zero-order valence-corrected chi connectivity index (χ0v) is 20.4. The van der Waals surface area contributed by atoms with E-state index < -0.39 is 30.4 Å². The monoisotopic (exact) mass is 517 g/mol. The predicted octanol–water partition coefficient (Wildman–Crippen LogP) is 4.58. The summed E-state index contributed by atoms with van der Waals surface area (Å²) in [5, 5.41) is 10.3. The maximum atomic E-state index is 14.1. The van der Waals surface area contributed by atoms with E-state index in [1.165, 1.54) is 18.7 Å². The highest BCUT2D eigenvalue weighted by Gasteiger charge is 2.40. The summed E-state index contributed by atoms with van der Waals surface area (Å²) in [5.74, 6) is -2.83. The van der Waals surface area contributed by atoms with E-state index in [2.05, 4.69) is 15.5 Å². The third-order valence-electron chi connectivity index (χ3n) is 4.46. The van der Waals surface area contributed by atoms with Gasteiger partial charge in [-0.3, -0.25) is 4.79 Å². The number of esters is 2. The van der Waals surface area contributed by atoms with Gasteiger partial charge < -0.3 is 14.8 Å². The van der Waals surface area contributed by atoms with Crippen LogP contribution in [0.25, 0.3) is 0 Å². The Morgan fingerprint density at radius 3 is 2.48 bits per heavy atom. The summed E-state index contributed by atoms with van der Waals surface area (Å²) in [4.78, 5) is 36.7. The lowest BCUT2D eigenvalue weighted by Crippen LogP contribution is -2.35. The molecule has 1 aliphatic rings. The van der Waals surface area contributed by atoms with Gasteiger partial charge >= 0.3 is 11.9 Å². The number of amides is 1. The van der Waals surface area contributed by atoms with Crippen molar-refractivity contribution in [1.82, 2.24) is 5.32 Å². The van der Waals surface area contributed by atoms with Gasteiger partial charge in [-0.25, -0.2) is 14.0 Å². The summed E-state index contributed by atoms with van der Waals surface area (Å²) in [6.45, 7) is 1.94. The Hall–Kier alpha value is -2.43. The zero-order chi connectivity index (χ0) is 24.5. The molecule has 0 radical (unpaired) electrons. The van der Waals surface area contributed by atoms with Crippen molar-refractivity contribution in [2.24, 2.45) is 10.2 Å². The van der Waals surface area contributed by atoms with Crippen molar-refractivity contribution in [3.05, 3.63) is 56.3 Å². The topological polar surface area (TPSA) is 106 Å². The number of benzene rings is 1. The van der Waals surface area contributed by atoms with Crippen LogP contribution in [0.15, 0.2) is 51.0 Å². The van der Waals surface area contributed by atoms with Crippen LogP contribution in [0.2, 0.25) is 10.0 Å². The Morgan fingerprint density at radius 2 is 1.88 bits per heavy atom. The number of thioether (sulfide) groups is 1. The Balaban J connectivity index is 2.67. The number of hydrogen-bond donors (Lipinski definition) is 1. The van der Waals surface area contributed by atoms with Gasteiger partial charge in [-0.05, 0) is 18.6 Å². The smallest absolute Gasteiger partial charge is 0.336 e. The number of carbonyl (C=O) groups excluding carboxylic acids is 3. The van der Waals surface area contributed by atoms with Crippen molar-refractivity contribution >= 4 is 52.8 Å². The van der Waals surface area contributed by atoms with Gasteiger partial charge in [0.25, 0.3) is 5.91 Å². The highest BCUT2D eigenvalue weighted by atomic mass is 35.5. The highest BCUT2D eigenvalue weighted by molar-refractivity contribution is 7.99. The van der Waals surface area contributed by atoms with Gasteiger partial charge in [0, 0.05) is 18.4 Å². The molecule has 1 aliphatic heterocycles. The van der Waals surface area contributed by atoms with Crippen LogP contribution >= 0.6 is 35.0 Å². The molecule has 1 atom stereocenters. The first-order valence-corrected chi connectivity index (χ1v) is 11.6. The lowest BCUT2D eigenvalue weighted by atomic mass is 9.80. The summed E-state index contributed by atoms with van der Waals surface area (Å²) >= 11 is 13.8. The molecule has 1 heterocycles. The fourth-order valence-corrected chi connectivity index (χ4v) is 4.28. The molecule has 1 unspecified atom stereocenters. The van der Waals surface area contributed by atoms with Crippen LogP contribution in [0.5, 0.6) is 0 Å². The molecule has 12 heteroatoms. The standard InChI is InChI=1S/C21H22Cl2FN3O5S/c1-4-32-21(30)18-15(9-33-10-25-27-11(2)28)26-14(8-24)17(20(29)31-3)16(18)12-6-5-7-13(22)19(12)23/h5-7,16,26H,4,8-10H2,1-3H3. The SMILES string of the molecule is CCOC(=O)C1=C(CSCN=NC(C)=O)NC(CF)=C(C(=O)OC)C1c1cccc(Cl)c1Cl. The molecule has 1 N–H and O–H groups in total. The van der Waals surface area contributed by atoms with Crippen molar-refractivity contribution < 1.29 is 28.2 Å². The van der Waals surface area contributed by atoms with Crippen molar-refractivity contribution in [3.63, 3.8) is 0 Å². The molecule has 0 saturated carbocycles. The van der Waals surface area contributed by atoms with Crippen molar-refractivity contribution in [1.29, 1.82) is 0 Å². The van der Waals surface area contributed by atoms with Crippen molar-refractivity contribution in [2.75, 3.05) is 32.0 Å². The van der Waals surface area contributed by atoms with Gasteiger partial charge in [0.05, 0.1) is 46.5 Å². The van der Waals surface area contributed by atoms with Gasteiger partial charge in [0.2, 0.25) is 0 Å². The first-order chi connectivity index (χ1) is 15.8. The minimum Gasteiger partial charge on any atom is -0.466 e. The molecule has 0 fully saturated rings. The molecule has 0 aliphatic carbocycles. The average molecular weight is 518 g/mol. The Kier molecular flexibility index (Phi) is 10.3. The molecule has 0 saturated heterocycles. The third kappa shape index (κ3) is 6.55. The normalized spacial score (nSPS) is 16.1. The number of nitrogens with one attached hydrogen (secondary N) is 1. The third-order valence-corrected chi connectivity index (χ3v) is 6.09. The Bertz CT molecular complexity index is 1030. The summed E-state index contributed by atoms with van der Waals surface area (Å²) < 4.78 is 24.2. The number of azo groups is 1. The summed E-state index contributed by atoms with van der Waals surface area (Å²) in [7, 11) is 1.15. The van der Waals surface area contributed by atoms with Crippen LogP contribution in [-0.2, 0) is 23.9 Å². The first kappa shape index (κ1) is 26.8. The van der Waals surface area contributed by atoms with E-state index in [9.17, 15) is 18.8 Å². The number of dihydropyridines is 1. The number of allylic oxidation sites excluding steroid dienone is 1. The Morgan fingerprint density at radius 1 is 1.18 bits per heavy atom. The van der Waals surface area contributed by atoms with E-state index in [0.717, 1.165) is 7.11 Å². The van der Waals surface area contributed by atoms with Crippen LogP contribution in [0.1, 0.15) is 25.3 Å². The van der Waals surface area contributed by atoms with E-state index >= 15 is 0 Å². The molecule has 8 nitrogen and oxygen atoms in total. The maximum absolute atomic E-state index is 14.1. The van der Waals surface area contributed by atoms with Crippen LogP contribution in [0.3, 0.4) is 0 Å². The van der Waals surface area contributed by atoms with Crippen LogP contribution in [0.4, 0.5) is 4.39 Å². The fourth-order valence-electron chi connectivity index (χ4n) is 3.20. The number of hydrogen-bond acceptors (Lipinski definition) is 8. The molecule has 178 valence electrons. The number of rotatable bonds is 9. The van der Waals surface area contributed by atoms with Gasteiger partial charge in [0.1, 0.15) is 12.6 Å². The van der Waals surface area contributed by atoms with Crippen molar-refractivity contribution in [2.45, 2.75) is 19.8 Å². The zero-order valence-electron chi connectivity index (χ0n) is 18.1. The van der Waals surface area contributed by atoms with Crippen LogP contribution < -0.4 is 5.32 Å². The number of carbonyl (C=O) groups is 3. The fraction of sp³-hybridized carbons (Fsp3) is 0.381. The maximum Gasteiger partial charge on any atom is 0.336 e. The molecule has 1 aromatic carbocycles. The average Bonchev–Trinajstić information content (AvgIpc) is 2.79. The molecule has 1 aromatic rings. The minimum atomic E-state index is -1.09. The molecular weight excluding hydrogens is 496 g/mol. The van der Waals surface area contributed by atoms with Gasteiger partial charge in [-0.15, -0.1) is 16.9 Å².